The zero-order valence-electron chi connectivity index (χ0n) is 10.9. The molecule has 2 amide bonds. The second-order valence-electron chi connectivity index (χ2n) is 3.66. The molecule has 108 valence electrons. The smallest absolute Gasteiger partial charge is 0.248 e. The van der Waals surface area contributed by atoms with Crippen molar-refractivity contribution < 1.29 is 9.59 Å². The highest BCUT2D eigenvalue weighted by Crippen LogP contribution is 2.06. The molecular weight excluding hydrogens is 296 g/mol. The largest absolute Gasteiger partial charge is 0.364 e. The summed E-state index contributed by atoms with van der Waals surface area (Å²) in [5.41, 5.74) is 5.67. The molecule has 0 atom stereocenters. The van der Waals surface area contributed by atoms with Gasteiger partial charge in [0.2, 0.25) is 11.8 Å². The second-order valence-corrected chi connectivity index (χ2v) is 5.05. The zero-order valence-corrected chi connectivity index (χ0v) is 12.6. The molecule has 1 rings (SSSR count). The van der Waals surface area contributed by atoms with Gasteiger partial charge in [0, 0.05) is 12.7 Å². The van der Waals surface area contributed by atoms with Gasteiger partial charge in [-0.25, -0.2) is 0 Å². The standard InChI is InChI=1S/C12H16N4O2S2/c1-13-12(19)16-15-11(18)8-20-7-10(17)14-9-5-3-2-4-6-9/h2-6H,7-8H2,1H3,(H,14,17)(H,15,18)(H2,13,16,19). The summed E-state index contributed by atoms with van der Waals surface area (Å²) in [6.07, 6.45) is 0. The lowest BCUT2D eigenvalue weighted by molar-refractivity contribution is -0.119. The maximum Gasteiger partial charge on any atom is 0.248 e. The summed E-state index contributed by atoms with van der Waals surface area (Å²) in [5, 5.41) is 5.72. The Balaban J connectivity index is 2.15. The lowest BCUT2D eigenvalue weighted by atomic mass is 10.3. The fourth-order valence-corrected chi connectivity index (χ4v) is 1.85. The number of rotatable bonds is 5. The third-order valence-corrected chi connectivity index (χ3v) is 3.31. The first-order chi connectivity index (χ1) is 9.61. The minimum Gasteiger partial charge on any atom is -0.364 e. The second kappa shape index (κ2) is 9.16. The van der Waals surface area contributed by atoms with Gasteiger partial charge in [0.1, 0.15) is 0 Å². The van der Waals surface area contributed by atoms with Crippen molar-refractivity contribution in [2.45, 2.75) is 0 Å². The van der Waals surface area contributed by atoms with Gasteiger partial charge in [-0.2, -0.15) is 0 Å². The van der Waals surface area contributed by atoms with E-state index >= 15 is 0 Å². The Morgan fingerprint density at radius 3 is 2.40 bits per heavy atom. The fraction of sp³-hybridized carbons (Fsp3) is 0.250. The van der Waals surface area contributed by atoms with Crippen LogP contribution in [0.25, 0.3) is 0 Å². The van der Waals surface area contributed by atoms with E-state index in [9.17, 15) is 9.59 Å². The summed E-state index contributed by atoms with van der Waals surface area (Å²) in [7, 11) is 1.64. The van der Waals surface area contributed by atoms with E-state index in [1.807, 2.05) is 18.2 Å². The van der Waals surface area contributed by atoms with Crippen LogP contribution in [0.1, 0.15) is 0 Å². The van der Waals surface area contributed by atoms with Crippen LogP contribution in [0.5, 0.6) is 0 Å². The monoisotopic (exact) mass is 312 g/mol. The Hall–Kier alpha value is -1.80. The lowest BCUT2D eigenvalue weighted by Gasteiger charge is -2.08. The Bertz CT molecular complexity index is 468. The lowest BCUT2D eigenvalue weighted by Crippen LogP contribution is -2.46. The van der Waals surface area contributed by atoms with Gasteiger partial charge in [-0.05, 0) is 24.4 Å². The fourth-order valence-electron chi connectivity index (χ4n) is 1.18. The van der Waals surface area contributed by atoms with E-state index in [0.29, 0.717) is 5.11 Å². The van der Waals surface area contributed by atoms with Crippen molar-refractivity contribution >= 4 is 46.6 Å². The molecule has 6 nitrogen and oxygen atoms in total. The van der Waals surface area contributed by atoms with Crippen LogP contribution in [-0.4, -0.2) is 35.5 Å². The van der Waals surface area contributed by atoms with Crippen molar-refractivity contribution in [3.8, 4) is 0 Å². The summed E-state index contributed by atoms with van der Waals surface area (Å²) in [5.74, 6) is -0.0202. The number of para-hydroxylation sites is 1. The van der Waals surface area contributed by atoms with Gasteiger partial charge in [0.15, 0.2) is 5.11 Å². The maximum absolute atomic E-state index is 11.6. The minimum absolute atomic E-state index is 0.146. The van der Waals surface area contributed by atoms with Crippen LogP contribution < -0.4 is 21.5 Å². The first-order valence-electron chi connectivity index (χ1n) is 5.81. The molecule has 0 aliphatic rings. The molecule has 0 aliphatic heterocycles. The van der Waals surface area contributed by atoms with E-state index in [2.05, 4.69) is 21.5 Å². The van der Waals surface area contributed by atoms with Crippen LogP contribution >= 0.6 is 24.0 Å². The van der Waals surface area contributed by atoms with Gasteiger partial charge in [-0.15, -0.1) is 11.8 Å². The SMILES string of the molecule is CNC(=S)NNC(=O)CSCC(=O)Nc1ccccc1. The van der Waals surface area contributed by atoms with Crippen LogP contribution in [0, 0.1) is 0 Å². The number of thioether (sulfide) groups is 1. The number of nitrogens with one attached hydrogen (secondary N) is 4. The summed E-state index contributed by atoms with van der Waals surface area (Å²) in [6.45, 7) is 0. The third-order valence-electron chi connectivity index (χ3n) is 2.07. The third kappa shape index (κ3) is 6.95. The van der Waals surface area contributed by atoms with E-state index < -0.39 is 0 Å². The number of hydrazine groups is 1. The Morgan fingerprint density at radius 2 is 1.75 bits per heavy atom. The molecule has 0 aliphatic carbocycles. The van der Waals surface area contributed by atoms with E-state index in [1.54, 1.807) is 19.2 Å². The molecule has 8 heteroatoms. The van der Waals surface area contributed by atoms with E-state index in [-0.39, 0.29) is 23.3 Å². The quantitative estimate of drug-likeness (QED) is 0.468. The molecule has 20 heavy (non-hydrogen) atoms. The van der Waals surface area contributed by atoms with Crippen molar-refractivity contribution in [2.75, 3.05) is 23.9 Å². The predicted molar refractivity (Wildman–Crippen MR) is 85.3 cm³/mol. The van der Waals surface area contributed by atoms with Crippen LogP contribution in [0.15, 0.2) is 30.3 Å². The number of benzene rings is 1. The van der Waals surface area contributed by atoms with Gasteiger partial charge in [0.25, 0.3) is 0 Å². The van der Waals surface area contributed by atoms with Crippen molar-refractivity contribution in [1.29, 1.82) is 0 Å². The Labute approximate surface area is 127 Å². The van der Waals surface area contributed by atoms with Crippen LogP contribution in [-0.2, 0) is 9.59 Å². The average Bonchev–Trinajstić information content (AvgIpc) is 2.45. The number of hydrogen-bond donors (Lipinski definition) is 4. The molecule has 0 unspecified atom stereocenters. The molecule has 0 aromatic heterocycles. The maximum atomic E-state index is 11.6. The zero-order chi connectivity index (χ0) is 14.8. The van der Waals surface area contributed by atoms with E-state index in [4.69, 9.17) is 12.2 Å². The molecular formula is C12H16N4O2S2. The predicted octanol–water partition coefficient (Wildman–Crippen LogP) is 0.483. The highest BCUT2D eigenvalue weighted by atomic mass is 32.2. The summed E-state index contributed by atoms with van der Waals surface area (Å²) >= 11 is 6.01. The molecule has 1 aromatic rings. The van der Waals surface area contributed by atoms with E-state index in [0.717, 1.165) is 5.69 Å². The van der Waals surface area contributed by atoms with Gasteiger partial charge in [-0.3, -0.25) is 20.4 Å². The van der Waals surface area contributed by atoms with Gasteiger partial charge >= 0.3 is 0 Å². The molecule has 1 aromatic carbocycles. The number of carbonyl (C=O) groups is 2. The highest BCUT2D eigenvalue weighted by molar-refractivity contribution is 8.00. The van der Waals surface area contributed by atoms with Crippen molar-refractivity contribution in [3.63, 3.8) is 0 Å². The number of carbonyl (C=O) groups excluding carboxylic acids is 2. The highest BCUT2D eigenvalue weighted by Gasteiger charge is 2.06. The number of thiocarbonyl (C=S) groups is 1. The Kier molecular flexibility index (Phi) is 7.44. The van der Waals surface area contributed by atoms with Crippen molar-refractivity contribution in [3.05, 3.63) is 30.3 Å². The van der Waals surface area contributed by atoms with Gasteiger partial charge in [-0.1, -0.05) is 18.2 Å². The van der Waals surface area contributed by atoms with Crippen molar-refractivity contribution in [2.24, 2.45) is 0 Å². The molecule has 0 heterocycles. The van der Waals surface area contributed by atoms with Gasteiger partial charge in [0.05, 0.1) is 11.5 Å². The number of anilines is 1. The molecule has 0 saturated heterocycles. The van der Waals surface area contributed by atoms with Crippen molar-refractivity contribution in [1.82, 2.24) is 16.2 Å². The first kappa shape index (κ1) is 16.3. The summed E-state index contributed by atoms with van der Waals surface area (Å²) in [6, 6.07) is 9.16. The van der Waals surface area contributed by atoms with Crippen LogP contribution in [0.3, 0.4) is 0 Å². The van der Waals surface area contributed by atoms with Crippen LogP contribution in [0.4, 0.5) is 5.69 Å². The van der Waals surface area contributed by atoms with Crippen LogP contribution in [0.2, 0.25) is 0 Å². The summed E-state index contributed by atoms with van der Waals surface area (Å²) in [4.78, 5) is 23.0. The van der Waals surface area contributed by atoms with E-state index in [1.165, 1.54) is 11.8 Å². The minimum atomic E-state index is -0.250. The molecule has 4 N–H and O–H groups in total. The Morgan fingerprint density at radius 1 is 1.10 bits per heavy atom. The molecule has 0 bridgehead atoms. The van der Waals surface area contributed by atoms with Gasteiger partial charge < -0.3 is 10.6 Å². The molecule has 0 saturated carbocycles. The summed E-state index contributed by atoms with van der Waals surface area (Å²) < 4.78 is 0. The number of amides is 2. The number of hydrogen-bond acceptors (Lipinski definition) is 4. The first-order valence-corrected chi connectivity index (χ1v) is 7.37. The molecule has 0 fully saturated rings. The average molecular weight is 312 g/mol. The normalized spacial score (nSPS) is 9.45. The molecule has 0 radical (unpaired) electrons. The topological polar surface area (TPSA) is 82.3 Å². The molecule has 0 spiro atoms.